The molecule has 0 bridgehead atoms. The molecule has 0 radical (unpaired) electrons. The van der Waals surface area contributed by atoms with Crippen LogP contribution >= 0.6 is 0 Å². The quantitative estimate of drug-likeness (QED) is 0.557. The molecule has 2 heterocycles. The number of hydrogen-bond acceptors (Lipinski definition) is 6. The topological polar surface area (TPSA) is 123 Å². The highest BCUT2D eigenvalue weighted by molar-refractivity contribution is 5.92. The summed E-state index contributed by atoms with van der Waals surface area (Å²) in [4.78, 5) is 28.7. The van der Waals surface area contributed by atoms with Gasteiger partial charge in [-0.3, -0.25) is 14.5 Å². The first-order valence-corrected chi connectivity index (χ1v) is 9.45. The van der Waals surface area contributed by atoms with E-state index in [0.29, 0.717) is 36.0 Å². The molecular weight excluding hydrogens is 400 g/mol. The molecule has 0 saturated carbocycles. The van der Waals surface area contributed by atoms with Crippen LogP contribution < -0.4 is 20.7 Å². The predicted molar refractivity (Wildman–Crippen MR) is 106 cm³/mol. The Morgan fingerprint density at radius 3 is 2.90 bits per heavy atom. The Kier molecular flexibility index (Phi) is 6.83. The van der Waals surface area contributed by atoms with Crippen molar-refractivity contribution in [2.24, 2.45) is 5.73 Å². The van der Waals surface area contributed by atoms with Crippen molar-refractivity contribution in [2.75, 3.05) is 36.5 Å². The number of ether oxygens (including phenoxy) is 1. The molecule has 3 rings (SSSR count). The first kappa shape index (κ1) is 21.5. The van der Waals surface area contributed by atoms with Crippen LogP contribution in [0.25, 0.3) is 11.4 Å². The number of nitrogens with two attached hydrogens (primary N) is 1. The molecule has 11 heteroatoms. The van der Waals surface area contributed by atoms with Crippen LogP contribution in [0.15, 0.2) is 24.4 Å². The van der Waals surface area contributed by atoms with E-state index < -0.39 is 24.8 Å². The number of aromatic nitrogens is 2. The lowest BCUT2D eigenvalue weighted by atomic mass is 10.1. The molecule has 4 N–H and O–H groups in total. The van der Waals surface area contributed by atoms with Gasteiger partial charge >= 0.3 is 0 Å². The molecule has 0 saturated heterocycles. The number of hydrogen-bond donors (Lipinski definition) is 3. The molecule has 1 aromatic carbocycles. The maximum atomic E-state index is 13.1. The summed E-state index contributed by atoms with van der Waals surface area (Å²) in [6, 6.07) is 5.15. The highest BCUT2D eigenvalue weighted by Crippen LogP contribution is 2.35. The highest BCUT2D eigenvalue weighted by Gasteiger charge is 2.26. The summed E-state index contributed by atoms with van der Waals surface area (Å²) in [7, 11) is 0. The summed E-state index contributed by atoms with van der Waals surface area (Å²) in [6.07, 6.45) is -1.05. The van der Waals surface area contributed by atoms with Gasteiger partial charge in [-0.1, -0.05) is 0 Å². The van der Waals surface area contributed by atoms with E-state index in [1.54, 1.807) is 29.0 Å². The number of nitrogens with one attached hydrogen (secondary N) is 1. The van der Waals surface area contributed by atoms with Gasteiger partial charge in [-0.25, -0.2) is 13.8 Å². The molecule has 0 unspecified atom stereocenters. The number of aliphatic hydroxyl groups is 1. The van der Waals surface area contributed by atoms with Gasteiger partial charge in [0.2, 0.25) is 11.8 Å². The number of alkyl halides is 2. The van der Waals surface area contributed by atoms with Crippen molar-refractivity contribution in [1.82, 2.24) is 9.55 Å². The maximum Gasteiger partial charge on any atom is 0.256 e. The molecule has 1 aliphatic rings. The zero-order valence-corrected chi connectivity index (χ0v) is 16.2. The van der Waals surface area contributed by atoms with E-state index in [1.807, 2.05) is 0 Å². The Morgan fingerprint density at radius 1 is 1.40 bits per heavy atom. The second-order valence-corrected chi connectivity index (χ2v) is 6.72. The Balaban J connectivity index is 1.92. The van der Waals surface area contributed by atoms with Crippen LogP contribution in [-0.4, -0.2) is 59.2 Å². The summed E-state index contributed by atoms with van der Waals surface area (Å²) in [5.74, 6) is 0.0775. The van der Waals surface area contributed by atoms with Crippen LogP contribution in [0.5, 0.6) is 5.75 Å². The fraction of sp³-hybridized carbons (Fsp3) is 0.421. The number of carbonyl (C=O) groups excluding carboxylic acids is 2. The Morgan fingerprint density at radius 2 is 2.20 bits per heavy atom. The fourth-order valence-corrected chi connectivity index (χ4v) is 3.12. The standard InChI is InChI=1S/C19H23F2N5O4/c20-15(21)10-26(18(29)2-1-6-27)17-11-25-5-7-30-14-8-12(23-9-16(22)28)3-4-13(14)19(25)24-17/h3-4,8,11,15,23,27H,1-2,5-7,9-10H2,(H2,22,28). The molecule has 0 spiro atoms. The van der Waals surface area contributed by atoms with E-state index >= 15 is 0 Å². The minimum atomic E-state index is -2.72. The lowest BCUT2D eigenvalue weighted by Crippen LogP contribution is -2.35. The van der Waals surface area contributed by atoms with Gasteiger partial charge in [0.15, 0.2) is 5.82 Å². The van der Waals surface area contributed by atoms with Gasteiger partial charge in [0.1, 0.15) is 18.2 Å². The smallest absolute Gasteiger partial charge is 0.256 e. The number of anilines is 2. The third kappa shape index (κ3) is 5.03. The molecule has 162 valence electrons. The number of amides is 2. The zero-order valence-electron chi connectivity index (χ0n) is 16.2. The lowest BCUT2D eigenvalue weighted by molar-refractivity contribution is -0.119. The SMILES string of the molecule is NC(=O)CNc1ccc2c(c1)OCCn1cc(N(CC(F)F)C(=O)CCCO)nc1-2. The predicted octanol–water partition coefficient (Wildman–Crippen LogP) is 1.21. The Bertz CT molecular complexity index is 918. The van der Waals surface area contributed by atoms with E-state index in [0.717, 1.165) is 4.90 Å². The first-order valence-electron chi connectivity index (χ1n) is 9.45. The van der Waals surface area contributed by atoms with Gasteiger partial charge in [-0.15, -0.1) is 0 Å². The third-order valence-electron chi connectivity index (χ3n) is 4.49. The average Bonchev–Trinajstić information content (AvgIpc) is 3.04. The number of primary amides is 1. The van der Waals surface area contributed by atoms with Crippen molar-refractivity contribution in [3.05, 3.63) is 24.4 Å². The molecule has 2 aromatic rings. The van der Waals surface area contributed by atoms with Crippen molar-refractivity contribution < 1.29 is 28.2 Å². The van der Waals surface area contributed by atoms with Crippen molar-refractivity contribution >= 4 is 23.3 Å². The minimum Gasteiger partial charge on any atom is -0.491 e. The molecule has 30 heavy (non-hydrogen) atoms. The molecular formula is C19H23F2N5O4. The van der Waals surface area contributed by atoms with Gasteiger partial charge in [0.05, 0.1) is 25.2 Å². The van der Waals surface area contributed by atoms with Crippen LogP contribution in [0.1, 0.15) is 12.8 Å². The number of aliphatic hydroxyl groups excluding tert-OH is 1. The molecule has 1 aromatic heterocycles. The van der Waals surface area contributed by atoms with Gasteiger partial charge in [0, 0.05) is 31.0 Å². The largest absolute Gasteiger partial charge is 0.491 e. The number of benzene rings is 1. The number of carbonyl (C=O) groups is 2. The maximum absolute atomic E-state index is 13.1. The molecule has 9 nitrogen and oxygen atoms in total. The summed E-state index contributed by atoms with van der Waals surface area (Å²) < 4.78 is 33.7. The first-order chi connectivity index (χ1) is 14.4. The summed E-state index contributed by atoms with van der Waals surface area (Å²) >= 11 is 0. The Hall–Kier alpha value is -3.21. The van der Waals surface area contributed by atoms with Gasteiger partial charge < -0.3 is 25.5 Å². The summed E-state index contributed by atoms with van der Waals surface area (Å²) in [6.45, 7) is -0.294. The average molecular weight is 423 g/mol. The number of rotatable bonds is 9. The van der Waals surface area contributed by atoms with E-state index in [4.69, 9.17) is 15.6 Å². The number of fused-ring (bicyclic) bond motifs is 3. The highest BCUT2D eigenvalue weighted by atomic mass is 19.3. The molecule has 2 amide bonds. The molecule has 0 atom stereocenters. The number of halogens is 2. The van der Waals surface area contributed by atoms with E-state index in [2.05, 4.69) is 10.3 Å². The van der Waals surface area contributed by atoms with Crippen molar-refractivity contribution in [3.8, 4) is 17.1 Å². The third-order valence-corrected chi connectivity index (χ3v) is 4.49. The summed E-state index contributed by atoms with van der Waals surface area (Å²) in [5.41, 5.74) is 6.40. The normalized spacial score (nSPS) is 12.5. The van der Waals surface area contributed by atoms with Gasteiger partial charge in [-0.2, -0.15) is 0 Å². The van der Waals surface area contributed by atoms with Crippen LogP contribution in [0.3, 0.4) is 0 Å². The van der Waals surface area contributed by atoms with Crippen molar-refractivity contribution in [2.45, 2.75) is 25.8 Å². The number of imidazole rings is 1. The van der Waals surface area contributed by atoms with E-state index in [-0.39, 0.29) is 31.8 Å². The van der Waals surface area contributed by atoms with E-state index in [9.17, 15) is 18.4 Å². The van der Waals surface area contributed by atoms with Gasteiger partial charge in [-0.05, 0) is 18.6 Å². The van der Waals surface area contributed by atoms with Crippen molar-refractivity contribution in [3.63, 3.8) is 0 Å². The zero-order chi connectivity index (χ0) is 21.7. The second kappa shape index (κ2) is 9.53. The Labute approximate surface area is 171 Å². The van der Waals surface area contributed by atoms with Crippen LogP contribution in [0.4, 0.5) is 20.3 Å². The van der Waals surface area contributed by atoms with E-state index in [1.165, 1.54) is 0 Å². The van der Waals surface area contributed by atoms with Crippen LogP contribution in [-0.2, 0) is 16.1 Å². The molecule has 0 aliphatic carbocycles. The van der Waals surface area contributed by atoms with Crippen molar-refractivity contribution in [1.29, 1.82) is 0 Å². The summed E-state index contributed by atoms with van der Waals surface area (Å²) in [5, 5.41) is 11.8. The fourth-order valence-electron chi connectivity index (χ4n) is 3.12. The molecule has 0 fully saturated rings. The minimum absolute atomic E-state index is 0.0316. The van der Waals surface area contributed by atoms with Crippen LogP contribution in [0.2, 0.25) is 0 Å². The van der Waals surface area contributed by atoms with Crippen LogP contribution in [0, 0.1) is 0 Å². The van der Waals surface area contributed by atoms with Gasteiger partial charge in [0.25, 0.3) is 6.43 Å². The monoisotopic (exact) mass is 423 g/mol. The number of nitrogens with zero attached hydrogens (tertiary/aromatic N) is 3. The lowest BCUT2D eigenvalue weighted by Gasteiger charge is -2.19. The second-order valence-electron chi connectivity index (χ2n) is 6.72. The molecule has 1 aliphatic heterocycles.